The highest BCUT2D eigenvalue weighted by molar-refractivity contribution is 5.19. The van der Waals surface area contributed by atoms with Gasteiger partial charge in [0.05, 0.1) is 0 Å². The topological polar surface area (TPSA) is 15.3 Å². The van der Waals surface area contributed by atoms with Gasteiger partial charge >= 0.3 is 0 Å². The van der Waals surface area contributed by atoms with Crippen LogP contribution in [0.1, 0.15) is 37.8 Å². The molecule has 1 N–H and O–H groups in total. The molecule has 2 heteroatoms. The Balaban J connectivity index is 1.56. The standard InChI is InChI=1S/C17H26N2/c1-14-7-8-15(11-14)12-19-10-9-18-17(13-19)16-5-3-2-4-6-16/h2-6,14-15,17-18H,7-13H2,1H3. The fraction of sp³-hybridized carbons (Fsp3) is 0.647. The maximum atomic E-state index is 3.66. The fourth-order valence-corrected chi connectivity index (χ4v) is 3.74. The van der Waals surface area contributed by atoms with E-state index in [1.165, 1.54) is 44.5 Å². The highest BCUT2D eigenvalue weighted by atomic mass is 15.2. The lowest BCUT2D eigenvalue weighted by molar-refractivity contribution is 0.173. The highest BCUT2D eigenvalue weighted by Crippen LogP contribution is 2.31. The Morgan fingerprint density at radius 2 is 2.05 bits per heavy atom. The van der Waals surface area contributed by atoms with Crippen molar-refractivity contribution in [3.05, 3.63) is 35.9 Å². The number of nitrogens with one attached hydrogen (secondary N) is 1. The summed E-state index contributed by atoms with van der Waals surface area (Å²) in [5, 5.41) is 3.66. The second kappa shape index (κ2) is 6.06. The molecule has 0 spiro atoms. The zero-order valence-electron chi connectivity index (χ0n) is 12.0. The number of rotatable bonds is 3. The van der Waals surface area contributed by atoms with Gasteiger partial charge in [0.15, 0.2) is 0 Å². The van der Waals surface area contributed by atoms with E-state index in [0.29, 0.717) is 6.04 Å². The quantitative estimate of drug-likeness (QED) is 0.896. The second-order valence-corrected chi connectivity index (χ2v) is 6.46. The fourth-order valence-electron chi connectivity index (χ4n) is 3.74. The van der Waals surface area contributed by atoms with Crippen molar-refractivity contribution in [2.75, 3.05) is 26.2 Å². The van der Waals surface area contributed by atoms with Gasteiger partial charge in [-0.05, 0) is 30.2 Å². The molecule has 3 rings (SSSR count). The van der Waals surface area contributed by atoms with Gasteiger partial charge in [0.1, 0.15) is 0 Å². The molecule has 0 bridgehead atoms. The molecule has 0 aromatic heterocycles. The third-order valence-corrected chi connectivity index (χ3v) is 4.78. The first-order chi connectivity index (χ1) is 9.31. The van der Waals surface area contributed by atoms with E-state index >= 15 is 0 Å². The zero-order chi connectivity index (χ0) is 13.1. The van der Waals surface area contributed by atoms with Crippen LogP contribution in [0.2, 0.25) is 0 Å². The summed E-state index contributed by atoms with van der Waals surface area (Å²) in [7, 11) is 0. The summed E-state index contributed by atoms with van der Waals surface area (Å²) in [6.07, 6.45) is 4.33. The van der Waals surface area contributed by atoms with Crippen molar-refractivity contribution in [1.82, 2.24) is 10.2 Å². The monoisotopic (exact) mass is 258 g/mol. The molecule has 1 heterocycles. The van der Waals surface area contributed by atoms with Crippen LogP contribution < -0.4 is 5.32 Å². The van der Waals surface area contributed by atoms with Crippen LogP contribution in [-0.2, 0) is 0 Å². The average Bonchev–Trinajstić information content (AvgIpc) is 2.85. The summed E-state index contributed by atoms with van der Waals surface area (Å²) in [5.74, 6) is 1.90. The second-order valence-electron chi connectivity index (χ2n) is 6.46. The van der Waals surface area contributed by atoms with Gasteiger partial charge in [-0.15, -0.1) is 0 Å². The molecule has 1 saturated heterocycles. The van der Waals surface area contributed by atoms with Crippen LogP contribution in [-0.4, -0.2) is 31.1 Å². The van der Waals surface area contributed by atoms with E-state index < -0.39 is 0 Å². The summed E-state index contributed by atoms with van der Waals surface area (Å²) in [6, 6.07) is 11.4. The van der Waals surface area contributed by atoms with Crippen LogP contribution >= 0.6 is 0 Å². The number of benzene rings is 1. The normalized spacial score (nSPS) is 32.6. The molecule has 1 aliphatic heterocycles. The summed E-state index contributed by atoms with van der Waals surface area (Å²) >= 11 is 0. The van der Waals surface area contributed by atoms with E-state index in [9.17, 15) is 0 Å². The first-order valence-electron chi connectivity index (χ1n) is 7.82. The van der Waals surface area contributed by atoms with Crippen LogP contribution in [0.4, 0.5) is 0 Å². The molecular weight excluding hydrogens is 232 g/mol. The third-order valence-electron chi connectivity index (χ3n) is 4.78. The minimum absolute atomic E-state index is 0.522. The molecule has 3 unspecified atom stereocenters. The van der Waals surface area contributed by atoms with Gasteiger partial charge in [-0.3, -0.25) is 4.90 Å². The third kappa shape index (κ3) is 3.37. The molecule has 1 aliphatic carbocycles. The maximum absolute atomic E-state index is 3.66. The molecule has 2 nitrogen and oxygen atoms in total. The van der Waals surface area contributed by atoms with Gasteiger partial charge in [0.2, 0.25) is 0 Å². The van der Waals surface area contributed by atoms with Crippen LogP contribution in [0.25, 0.3) is 0 Å². The Hall–Kier alpha value is -0.860. The maximum Gasteiger partial charge on any atom is 0.0449 e. The molecule has 1 aromatic carbocycles. The van der Waals surface area contributed by atoms with Crippen molar-refractivity contribution in [3.8, 4) is 0 Å². The Labute approximate surface area is 117 Å². The first-order valence-corrected chi connectivity index (χ1v) is 7.82. The Morgan fingerprint density at radius 3 is 2.79 bits per heavy atom. The van der Waals surface area contributed by atoms with Gasteiger partial charge in [-0.25, -0.2) is 0 Å². The van der Waals surface area contributed by atoms with Crippen molar-refractivity contribution in [3.63, 3.8) is 0 Å². The van der Waals surface area contributed by atoms with Crippen molar-refractivity contribution in [2.24, 2.45) is 11.8 Å². The van der Waals surface area contributed by atoms with Crippen LogP contribution in [0.3, 0.4) is 0 Å². The summed E-state index contributed by atoms with van der Waals surface area (Å²) in [5.41, 5.74) is 1.44. The van der Waals surface area contributed by atoms with E-state index in [-0.39, 0.29) is 0 Å². The van der Waals surface area contributed by atoms with Crippen LogP contribution in [0, 0.1) is 11.8 Å². The number of nitrogens with zero attached hydrogens (tertiary/aromatic N) is 1. The number of piperazine rings is 1. The molecule has 104 valence electrons. The Morgan fingerprint density at radius 1 is 1.21 bits per heavy atom. The molecule has 1 saturated carbocycles. The average molecular weight is 258 g/mol. The van der Waals surface area contributed by atoms with Gasteiger partial charge in [0, 0.05) is 32.2 Å². The Kier molecular flexibility index (Phi) is 4.19. The number of hydrogen-bond donors (Lipinski definition) is 1. The minimum atomic E-state index is 0.522. The molecule has 2 fully saturated rings. The molecular formula is C17H26N2. The summed E-state index contributed by atoms with van der Waals surface area (Å²) in [4.78, 5) is 2.68. The molecule has 0 amide bonds. The number of hydrogen-bond acceptors (Lipinski definition) is 2. The predicted octanol–water partition coefficient (Wildman–Crippen LogP) is 3.07. The van der Waals surface area contributed by atoms with E-state index in [1.807, 2.05) is 0 Å². The van der Waals surface area contributed by atoms with E-state index in [4.69, 9.17) is 0 Å². The van der Waals surface area contributed by atoms with Crippen molar-refractivity contribution in [2.45, 2.75) is 32.2 Å². The lowest BCUT2D eigenvalue weighted by Gasteiger charge is -2.35. The largest absolute Gasteiger partial charge is 0.308 e. The van der Waals surface area contributed by atoms with Crippen molar-refractivity contribution >= 4 is 0 Å². The first kappa shape index (κ1) is 13.1. The minimum Gasteiger partial charge on any atom is -0.308 e. The lowest BCUT2D eigenvalue weighted by Crippen LogP contribution is -2.47. The van der Waals surface area contributed by atoms with Gasteiger partial charge in [0.25, 0.3) is 0 Å². The van der Waals surface area contributed by atoms with Crippen molar-refractivity contribution in [1.29, 1.82) is 0 Å². The molecule has 0 radical (unpaired) electrons. The summed E-state index contributed by atoms with van der Waals surface area (Å²) in [6.45, 7) is 7.24. The van der Waals surface area contributed by atoms with E-state index in [0.717, 1.165) is 18.4 Å². The Bertz CT molecular complexity index is 390. The van der Waals surface area contributed by atoms with E-state index in [2.05, 4.69) is 47.5 Å². The van der Waals surface area contributed by atoms with E-state index in [1.54, 1.807) is 0 Å². The van der Waals surface area contributed by atoms with Gasteiger partial charge in [-0.2, -0.15) is 0 Å². The zero-order valence-corrected chi connectivity index (χ0v) is 12.0. The van der Waals surface area contributed by atoms with Gasteiger partial charge < -0.3 is 5.32 Å². The SMILES string of the molecule is CC1CCC(CN2CCNC(c3ccccc3)C2)C1. The van der Waals surface area contributed by atoms with Crippen LogP contribution in [0.5, 0.6) is 0 Å². The molecule has 1 aromatic rings. The highest BCUT2D eigenvalue weighted by Gasteiger charge is 2.26. The lowest BCUT2D eigenvalue weighted by atomic mass is 10.0. The summed E-state index contributed by atoms with van der Waals surface area (Å²) < 4.78 is 0. The smallest absolute Gasteiger partial charge is 0.0449 e. The molecule has 19 heavy (non-hydrogen) atoms. The van der Waals surface area contributed by atoms with Gasteiger partial charge in [-0.1, -0.05) is 43.7 Å². The molecule has 3 atom stereocenters. The molecule has 2 aliphatic rings. The van der Waals surface area contributed by atoms with Crippen LogP contribution in [0.15, 0.2) is 30.3 Å². The van der Waals surface area contributed by atoms with Crippen molar-refractivity contribution < 1.29 is 0 Å². The predicted molar refractivity (Wildman–Crippen MR) is 80.1 cm³/mol.